The molecule has 0 aromatic rings. The molecule has 6 heteroatoms. The second kappa shape index (κ2) is 10.4. The van der Waals surface area contributed by atoms with Crippen molar-refractivity contribution in [1.82, 2.24) is 0 Å². The molecule has 1 fully saturated rings. The molecule has 2 aliphatic rings. The number of carbonyl (C=O) groups is 3. The average Bonchev–Trinajstić information content (AvgIpc) is 2.86. The minimum atomic E-state index is -0.590. The molecule has 1 saturated heterocycles. The van der Waals surface area contributed by atoms with Gasteiger partial charge in [-0.15, -0.1) is 0 Å². The van der Waals surface area contributed by atoms with Crippen LogP contribution >= 0.6 is 0 Å². The van der Waals surface area contributed by atoms with Gasteiger partial charge in [0.25, 0.3) is 0 Å². The van der Waals surface area contributed by atoms with E-state index >= 15 is 0 Å². The smallest absolute Gasteiger partial charge is 0.334 e. The van der Waals surface area contributed by atoms with Gasteiger partial charge in [-0.2, -0.15) is 0 Å². The molecule has 2 rings (SSSR count). The maximum Gasteiger partial charge on any atom is 0.334 e. The van der Waals surface area contributed by atoms with Crippen LogP contribution in [0, 0.1) is 5.92 Å². The Kier molecular flexibility index (Phi) is 8.21. The zero-order chi connectivity index (χ0) is 22.4. The van der Waals surface area contributed by atoms with Crippen molar-refractivity contribution in [2.75, 3.05) is 0 Å². The van der Waals surface area contributed by atoms with Crippen LogP contribution in [0.3, 0.4) is 0 Å². The van der Waals surface area contributed by atoms with Crippen LogP contribution in [0.15, 0.2) is 47.1 Å². The lowest BCUT2D eigenvalue weighted by Crippen LogP contribution is -2.32. The number of hydrogen-bond donors (Lipinski definition) is 0. The quantitative estimate of drug-likeness (QED) is 0.288. The van der Waals surface area contributed by atoms with Crippen molar-refractivity contribution >= 4 is 17.9 Å². The van der Waals surface area contributed by atoms with Crippen LogP contribution in [0.5, 0.6) is 0 Å². The van der Waals surface area contributed by atoms with Crippen LogP contribution in [0.1, 0.15) is 60.3 Å². The van der Waals surface area contributed by atoms with Crippen LogP contribution in [-0.2, 0) is 28.6 Å². The molecule has 0 aromatic carbocycles. The standard InChI is InChI=1S/C24H32O6/c1-14-8-7-9-15(2)12-21(29-19(6)26)23-17(4)24(27)30-22(23)13-16(3)11-20(10-14)28-18(5)25/h9-10,13,20-23H,4,7-8,11-12H2,1-3,5-6H3. The van der Waals surface area contributed by atoms with Crippen LogP contribution < -0.4 is 0 Å². The number of hydrogen-bond acceptors (Lipinski definition) is 6. The molecule has 164 valence electrons. The fraction of sp³-hybridized carbons (Fsp3) is 0.542. The minimum Gasteiger partial charge on any atom is -0.461 e. The topological polar surface area (TPSA) is 78.9 Å². The van der Waals surface area contributed by atoms with Crippen molar-refractivity contribution < 1.29 is 28.6 Å². The SMILES string of the molecule is C=C1C(=O)OC2C=C(C)CC(OC(C)=O)C=C(C)CCC=C(C)CC(OC(C)=O)C12. The van der Waals surface area contributed by atoms with Gasteiger partial charge in [0, 0.05) is 32.3 Å². The summed E-state index contributed by atoms with van der Waals surface area (Å²) in [6.07, 6.45) is 7.03. The highest BCUT2D eigenvalue weighted by Crippen LogP contribution is 2.36. The fourth-order valence-electron chi connectivity index (χ4n) is 4.00. The van der Waals surface area contributed by atoms with Crippen molar-refractivity contribution in [3.63, 3.8) is 0 Å². The molecule has 6 nitrogen and oxygen atoms in total. The van der Waals surface area contributed by atoms with Gasteiger partial charge >= 0.3 is 17.9 Å². The summed E-state index contributed by atoms with van der Waals surface area (Å²) in [5, 5.41) is 0. The van der Waals surface area contributed by atoms with Gasteiger partial charge in [0.2, 0.25) is 0 Å². The summed E-state index contributed by atoms with van der Waals surface area (Å²) in [7, 11) is 0. The highest BCUT2D eigenvalue weighted by Gasteiger charge is 2.44. The van der Waals surface area contributed by atoms with Crippen molar-refractivity contribution in [3.05, 3.63) is 47.1 Å². The monoisotopic (exact) mass is 416 g/mol. The fourth-order valence-corrected chi connectivity index (χ4v) is 4.00. The summed E-state index contributed by atoms with van der Waals surface area (Å²) in [6, 6.07) is 0. The minimum absolute atomic E-state index is 0.308. The predicted octanol–water partition coefficient (Wildman–Crippen LogP) is 4.36. The summed E-state index contributed by atoms with van der Waals surface area (Å²) in [5.41, 5.74) is 3.41. The predicted molar refractivity (Wildman–Crippen MR) is 113 cm³/mol. The van der Waals surface area contributed by atoms with Crippen molar-refractivity contribution in [2.45, 2.75) is 78.6 Å². The lowest BCUT2D eigenvalue weighted by atomic mass is 9.86. The molecule has 0 aromatic heterocycles. The largest absolute Gasteiger partial charge is 0.461 e. The third-order valence-electron chi connectivity index (χ3n) is 5.29. The molecular formula is C24H32O6. The maximum atomic E-state index is 12.3. The summed E-state index contributed by atoms with van der Waals surface area (Å²) in [4.78, 5) is 35.6. The summed E-state index contributed by atoms with van der Waals surface area (Å²) >= 11 is 0. The first kappa shape index (κ1) is 23.6. The van der Waals surface area contributed by atoms with Crippen molar-refractivity contribution in [1.29, 1.82) is 0 Å². The van der Waals surface area contributed by atoms with Gasteiger partial charge in [-0.25, -0.2) is 4.79 Å². The summed E-state index contributed by atoms with van der Waals surface area (Å²) in [6.45, 7) is 12.6. The van der Waals surface area contributed by atoms with E-state index in [0.29, 0.717) is 18.4 Å². The Labute approximate surface area is 178 Å². The second-order valence-corrected chi connectivity index (χ2v) is 8.24. The number of allylic oxidation sites excluding steroid dienone is 2. The molecule has 4 atom stereocenters. The van der Waals surface area contributed by atoms with Crippen LogP contribution in [0.25, 0.3) is 0 Å². The van der Waals surface area contributed by atoms with E-state index in [1.807, 2.05) is 32.9 Å². The van der Waals surface area contributed by atoms with Crippen molar-refractivity contribution in [3.8, 4) is 0 Å². The average molecular weight is 417 g/mol. The number of ether oxygens (including phenoxy) is 3. The Morgan fingerprint density at radius 2 is 1.67 bits per heavy atom. The second-order valence-electron chi connectivity index (χ2n) is 8.24. The first-order valence-electron chi connectivity index (χ1n) is 10.3. The highest BCUT2D eigenvalue weighted by molar-refractivity contribution is 5.91. The Morgan fingerprint density at radius 1 is 1.00 bits per heavy atom. The van der Waals surface area contributed by atoms with E-state index in [4.69, 9.17) is 14.2 Å². The molecule has 0 spiro atoms. The summed E-state index contributed by atoms with van der Waals surface area (Å²) < 4.78 is 16.6. The molecule has 0 radical (unpaired) electrons. The molecule has 1 aliphatic carbocycles. The normalized spacial score (nSPS) is 28.2. The Bertz CT molecular complexity index is 801. The van der Waals surface area contributed by atoms with E-state index < -0.39 is 36.2 Å². The molecule has 0 saturated carbocycles. The molecule has 1 aliphatic heterocycles. The van der Waals surface area contributed by atoms with Crippen LogP contribution in [0.2, 0.25) is 0 Å². The molecule has 30 heavy (non-hydrogen) atoms. The maximum absolute atomic E-state index is 12.3. The number of fused-ring (bicyclic) bond motifs is 1. The zero-order valence-corrected chi connectivity index (χ0v) is 18.5. The molecular weight excluding hydrogens is 384 g/mol. The zero-order valence-electron chi connectivity index (χ0n) is 18.5. The van der Waals surface area contributed by atoms with E-state index in [9.17, 15) is 14.4 Å². The van der Waals surface area contributed by atoms with E-state index in [1.165, 1.54) is 13.8 Å². The van der Waals surface area contributed by atoms with Gasteiger partial charge in [-0.3, -0.25) is 9.59 Å². The van der Waals surface area contributed by atoms with Gasteiger partial charge in [-0.1, -0.05) is 29.4 Å². The van der Waals surface area contributed by atoms with E-state index in [-0.39, 0.29) is 5.97 Å². The van der Waals surface area contributed by atoms with Crippen LogP contribution in [0.4, 0.5) is 0 Å². The first-order chi connectivity index (χ1) is 14.1. The van der Waals surface area contributed by atoms with Gasteiger partial charge in [0.05, 0.1) is 5.92 Å². The number of esters is 3. The van der Waals surface area contributed by atoms with Gasteiger partial charge in [-0.05, 0) is 45.8 Å². The molecule has 4 unspecified atom stereocenters. The lowest BCUT2D eigenvalue weighted by molar-refractivity contribution is -0.149. The van der Waals surface area contributed by atoms with Crippen molar-refractivity contribution in [2.24, 2.45) is 5.92 Å². The van der Waals surface area contributed by atoms with E-state index in [1.54, 1.807) is 0 Å². The highest BCUT2D eigenvalue weighted by atomic mass is 16.6. The van der Waals surface area contributed by atoms with Gasteiger partial charge < -0.3 is 14.2 Å². The third-order valence-corrected chi connectivity index (χ3v) is 5.29. The Morgan fingerprint density at radius 3 is 2.30 bits per heavy atom. The number of carbonyl (C=O) groups excluding carboxylic acids is 3. The van der Waals surface area contributed by atoms with E-state index in [2.05, 4.69) is 12.7 Å². The summed E-state index contributed by atoms with van der Waals surface area (Å²) in [5.74, 6) is -1.70. The third kappa shape index (κ3) is 6.71. The van der Waals surface area contributed by atoms with Gasteiger partial charge in [0.15, 0.2) is 0 Å². The Balaban J connectivity index is 2.46. The molecule has 0 bridgehead atoms. The van der Waals surface area contributed by atoms with E-state index in [0.717, 1.165) is 29.6 Å². The first-order valence-corrected chi connectivity index (χ1v) is 10.3. The van der Waals surface area contributed by atoms with Crippen LogP contribution in [-0.4, -0.2) is 36.2 Å². The Hall–Kier alpha value is -2.63. The van der Waals surface area contributed by atoms with Gasteiger partial charge in [0.1, 0.15) is 18.3 Å². The lowest BCUT2D eigenvalue weighted by Gasteiger charge is -2.26. The molecule has 0 N–H and O–H groups in total. The molecule has 1 heterocycles. The molecule has 0 amide bonds. The number of rotatable bonds is 2.